The summed E-state index contributed by atoms with van der Waals surface area (Å²) in [6.45, 7) is -0.274. The second-order valence-electron chi connectivity index (χ2n) is 4.96. The van der Waals surface area contributed by atoms with E-state index in [1.54, 1.807) is 0 Å². The third kappa shape index (κ3) is 4.14. The average molecular weight is 335 g/mol. The molecule has 126 valence electrons. The third-order valence-electron chi connectivity index (χ3n) is 3.32. The van der Waals surface area contributed by atoms with Crippen LogP contribution in [0.15, 0.2) is 42.5 Å². The van der Waals surface area contributed by atoms with Crippen LogP contribution < -0.4 is 5.32 Å². The van der Waals surface area contributed by atoms with E-state index in [0.717, 1.165) is 12.1 Å². The van der Waals surface area contributed by atoms with Crippen LogP contribution in [0.2, 0.25) is 0 Å². The maximum absolute atomic E-state index is 13.6. The molecule has 0 saturated heterocycles. The number of nitrogens with one attached hydrogen (secondary N) is 1. The summed E-state index contributed by atoms with van der Waals surface area (Å²) in [5.74, 6) is -2.79. The predicted molar refractivity (Wildman–Crippen MR) is 81.4 cm³/mol. The molecule has 24 heavy (non-hydrogen) atoms. The number of rotatable bonds is 5. The van der Waals surface area contributed by atoms with Crippen molar-refractivity contribution in [1.29, 1.82) is 0 Å². The fraction of sp³-hybridized carbons (Fsp3) is 0.176. The Morgan fingerprint density at radius 1 is 1.17 bits per heavy atom. The number of hydrogen-bond acceptors (Lipinski definition) is 4. The quantitative estimate of drug-likeness (QED) is 0.822. The Bertz CT molecular complexity index is 764. The van der Waals surface area contributed by atoms with Crippen LogP contribution in [0.25, 0.3) is 0 Å². The minimum absolute atomic E-state index is 0.125. The van der Waals surface area contributed by atoms with Crippen LogP contribution >= 0.6 is 0 Å². The molecule has 1 unspecified atom stereocenters. The SMILES string of the molecule is COC(=O)c1cccc(C(=O)NCC(O)c2ccc(F)cc2F)c1. The Morgan fingerprint density at radius 2 is 1.88 bits per heavy atom. The summed E-state index contributed by atoms with van der Waals surface area (Å²) in [5.41, 5.74) is 0.264. The number of hydrogen-bond donors (Lipinski definition) is 2. The molecule has 0 saturated carbocycles. The molecule has 5 nitrogen and oxygen atoms in total. The normalized spacial score (nSPS) is 11.7. The van der Waals surface area contributed by atoms with Gasteiger partial charge in [0.2, 0.25) is 0 Å². The van der Waals surface area contributed by atoms with Crippen LogP contribution in [0, 0.1) is 11.6 Å². The lowest BCUT2D eigenvalue weighted by atomic mass is 10.1. The second-order valence-corrected chi connectivity index (χ2v) is 4.96. The monoisotopic (exact) mass is 335 g/mol. The third-order valence-corrected chi connectivity index (χ3v) is 3.32. The lowest BCUT2D eigenvalue weighted by Gasteiger charge is -2.13. The van der Waals surface area contributed by atoms with E-state index in [0.29, 0.717) is 6.07 Å². The van der Waals surface area contributed by atoms with Crippen molar-refractivity contribution in [2.75, 3.05) is 13.7 Å². The van der Waals surface area contributed by atoms with Gasteiger partial charge in [-0.3, -0.25) is 4.79 Å². The smallest absolute Gasteiger partial charge is 0.337 e. The van der Waals surface area contributed by atoms with Gasteiger partial charge in [0, 0.05) is 23.7 Å². The zero-order valence-corrected chi connectivity index (χ0v) is 12.8. The van der Waals surface area contributed by atoms with Crippen LogP contribution in [-0.4, -0.2) is 30.6 Å². The van der Waals surface area contributed by atoms with Crippen molar-refractivity contribution in [3.8, 4) is 0 Å². The number of benzene rings is 2. The molecule has 0 aliphatic heterocycles. The molecule has 0 bridgehead atoms. The minimum atomic E-state index is -1.33. The first kappa shape index (κ1) is 17.6. The highest BCUT2D eigenvalue weighted by Crippen LogP contribution is 2.17. The first-order chi connectivity index (χ1) is 11.4. The second kappa shape index (κ2) is 7.65. The summed E-state index contributed by atoms with van der Waals surface area (Å²) >= 11 is 0. The molecule has 2 rings (SSSR count). The predicted octanol–water partition coefficient (Wildman–Crippen LogP) is 2.21. The van der Waals surface area contributed by atoms with Gasteiger partial charge < -0.3 is 15.2 Å². The number of carbonyl (C=O) groups excluding carboxylic acids is 2. The standard InChI is InChI=1S/C17H15F2NO4/c1-24-17(23)11-4-2-3-10(7-11)16(22)20-9-15(21)13-6-5-12(18)8-14(13)19/h2-8,15,21H,9H2,1H3,(H,20,22). The van der Waals surface area contributed by atoms with Crippen LogP contribution in [0.1, 0.15) is 32.4 Å². The Morgan fingerprint density at radius 3 is 2.54 bits per heavy atom. The van der Waals surface area contributed by atoms with E-state index < -0.39 is 29.6 Å². The Balaban J connectivity index is 2.03. The van der Waals surface area contributed by atoms with Gasteiger partial charge >= 0.3 is 5.97 Å². The fourth-order valence-electron chi connectivity index (χ4n) is 2.08. The van der Waals surface area contributed by atoms with Gasteiger partial charge in [0.1, 0.15) is 11.6 Å². The Kier molecular flexibility index (Phi) is 5.59. The number of aliphatic hydroxyl groups is 1. The fourth-order valence-corrected chi connectivity index (χ4v) is 2.08. The average Bonchev–Trinajstić information content (AvgIpc) is 2.58. The largest absolute Gasteiger partial charge is 0.465 e. The molecule has 0 radical (unpaired) electrons. The van der Waals surface area contributed by atoms with Gasteiger partial charge in [-0.15, -0.1) is 0 Å². The molecule has 7 heteroatoms. The van der Waals surface area contributed by atoms with Gasteiger partial charge in [-0.25, -0.2) is 13.6 Å². The molecule has 0 spiro atoms. The molecular weight excluding hydrogens is 320 g/mol. The topological polar surface area (TPSA) is 75.6 Å². The maximum Gasteiger partial charge on any atom is 0.337 e. The minimum Gasteiger partial charge on any atom is -0.465 e. The van der Waals surface area contributed by atoms with Gasteiger partial charge in [-0.2, -0.15) is 0 Å². The van der Waals surface area contributed by atoms with Crippen molar-refractivity contribution in [3.63, 3.8) is 0 Å². The molecule has 1 amide bonds. The first-order valence-electron chi connectivity index (χ1n) is 7.02. The highest BCUT2D eigenvalue weighted by Gasteiger charge is 2.16. The number of amides is 1. The summed E-state index contributed by atoms with van der Waals surface area (Å²) in [6.07, 6.45) is -1.33. The first-order valence-corrected chi connectivity index (χ1v) is 7.02. The number of esters is 1. The van der Waals surface area contributed by atoms with E-state index in [1.165, 1.54) is 31.4 Å². The molecule has 0 aromatic heterocycles. The van der Waals surface area contributed by atoms with Crippen LogP contribution in [0.3, 0.4) is 0 Å². The molecule has 0 fully saturated rings. The number of methoxy groups -OCH3 is 1. The molecule has 2 N–H and O–H groups in total. The van der Waals surface area contributed by atoms with Gasteiger partial charge in [-0.05, 0) is 24.3 Å². The maximum atomic E-state index is 13.6. The van der Waals surface area contributed by atoms with E-state index in [4.69, 9.17) is 0 Å². The highest BCUT2D eigenvalue weighted by molar-refractivity contribution is 5.97. The van der Waals surface area contributed by atoms with Crippen molar-refractivity contribution >= 4 is 11.9 Å². The van der Waals surface area contributed by atoms with Crippen molar-refractivity contribution in [3.05, 3.63) is 70.8 Å². The van der Waals surface area contributed by atoms with Crippen LogP contribution in [-0.2, 0) is 4.74 Å². The van der Waals surface area contributed by atoms with Crippen molar-refractivity contribution < 1.29 is 28.2 Å². The van der Waals surface area contributed by atoms with E-state index in [9.17, 15) is 23.5 Å². The van der Waals surface area contributed by atoms with E-state index in [-0.39, 0.29) is 23.2 Å². The lowest BCUT2D eigenvalue weighted by Crippen LogP contribution is -2.28. The molecule has 1 atom stereocenters. The van der Waals surface area contributed by atoms with E-state index >= 15 is 0 Å². The van der Waals surface area contributed by atoms with Crippen molar-refractivity contribution in [2.45, 2.75) is 6.10 Å². The van der Waals surface area contributed by atoms with Crippen LogP contribution in [0.4, 0.5) is 8.78 Å². The van der Waals surface area contributed by atoms with Gasteiger partial charge in [0.05, 0.1) is 18.8 Å². The Hall–Kier alpha value is -2.80. The van der Waals surface area contributed by atoms with E-state index in [2.05, 4.69) is 10.1 Å². The number of halogens is 2. The molecule has 0 aliphatic rings. The molecular formula is C17H15F2NO4. The zero-order chi connectivity index (χ0) is 17.7. The van der Waals surface area contributed by atoms with Crippen molar-refractivity contribution in [2.24, 2.45) is 0 Å². The lowest BCUT2D eigenvalue weighted by molar-refractivity contribution is 0.0600. The van der Waals surface area contributed by atoms with Crippen molar-refractivity contribution in [1.82, 2.24) is 5.32 Å². The molecule has 0 aliphatic carbocycles. The van der Waals surface area contributed by atoms with Crippen LogP contribution in [0.5, 0.6) is 0 Å². The number of aliphatic hydroxyl groups excluding tert-OH is 1. The van der Waals surface area contributed by atoms with Gasteiger partial charge in [0.25, 0.3) is 5.91 Å². The summed E-state index contributed by atoms with van der Waals surface area (Å²) in [6, 6.07) is 8.60. The zero-order valence-electron chi connectivity index (χ0n) is 12.8. The van der Waals surface area contributed by atoms with Gasteiger partial charge in [-0.1, -0.05) is 12.1 Å². The summed E-state index contributed by atoms with van der Waals surface area (Å²) in [5, 5.41) is 12.3. The Labute approximate surface area is 136 Å². The summed E-state index contributed by atoms with van der Waals surface area (Å²) in [4.78, 5) is 23.5. The summed E-state index contributed by atoms with van der Waals surface area (Å²) < 4.78 is 31.0. The molecule has 0 heterocycles. The number of carbonyl (C=O) groups is 2. The number of ether oxygens (including phenoxy) is 1. The van der Waals surface area contributed by atoms with E-state index in [1.807, 2.05) is 0 Å². The molecule has 2 aromatic carbocycles. The summed E-state index contributed by atoms with van der Waals surface area (Å²) in [7, 11) is 1.22. The molecule has 2 aromatic rings. The highest BCUT2D eigenvalue weighted by atomic mass is 19.1. The van der Waals surface area contributed by atoms with Gasteiger partial charge in [0.15, 0.2) is 0 Å².